The Labute approximate surface area is 439 Å². The summed E-state index contributed by atoms with van der Waals surface area (Å²) in [6, 6.07) is -0.920. The third kappa shape index (κ3) is 52.4. The van der Waals surface area contributed by atoms with E-state index in [-0.39, 0.29) is 31.3 Å². The van der Waals surface area contributed by atoms with Gasteiger partial charge in [-0.2, -0.15) is 0 Å². The second-order valence-electron chi connectivity index (χ2n) is 21.1. The Balaban J connectivity index is 5.37. The molecule has 3 unspecified atom stereocenters. The molecule has 9 nitrogen and oxygen atoms in total. The number of unbranched alkanes of at least 4 members (excludes halogenated alkanes) is 29. The molecule has 0 radical (unpaired) electrons. The molecular formula is C61H113N2O7P. The summed E-state index contributed by atoms with van der Waals surface area (Å²) >= 11 is 0. The van der Waals surface area contributed by atoms with Crippen molar-refractivity contribution in [2.75, 3.05) is 40.9 Å². The Morgan fingerprint density at radius 1 is 0.493 bits per heavy atom. The Morgan fingerprint density at radius 2 is 0.873 bits per heavy atom. The van der Waals surface area contributed by atoms with E-state index in [9.17, 15) is 19.0 Å². The number of amides is 1. The van der Waals surface area contributed by atoms with E-state index in [0.717, 1.165) is 70.6 Å². The molecule has 0 bridgehead atoms. The van der Waals surface area contributed by atoms with E-state index in [4.69, 9.17) is 13.8 Å². The van der Waals surface area contributed by atoms with E-state index in [1.54, 1.807) is 0 Å². The molecule has 0 aliphatic rings. The van der Waals surface area contributed by atoms with Gasteiger partial charge in [-0.15, -0.1) is 0 Å². The summed E-state index contributed by atoms with van der Waals surface area (Å²) in [5, 5.41) is 2.98. The number of ether oxygens (including phenoxy) is 1. The van der Waals surface area contributed by atoms with Crippen molar-refractivity contribution in [3.05, 3.63) is 60.8 Å². The molecule has 0 aromatic carbocycles. The Hall–Kier alpha value is -2.29. The molecule has 0 rings (SSSR count). The molecule has 0 aromatic rings. The zero-order valence-electron chi connectivity index (χ0n) is 47.2. The average Bonchev–Trinajstić information content (AvgIpc) is 3.33. The molecule has 0 saturated carbocycles. The van der Waals surface area contributed by atoms with E-state index in [1.807, 2.05) is 39.4 Å². The Bertz CT molecular complexity index is 1400. The summed E-state index contributed by atoms with van der Waals surface area (Å²) in [5.41, 5.74) is 0. The maximum Gasteiger partial charge on any atom is 0.306 e. The molecule has 0 fully saturated rings. The van der Waals surface area contributed by atoms with Gasteiger partial charge >= 0.3 is 5.97 Å². The minimum atomic E-state index is -4.71. The van der Waals surface area contributed by atoms with Crippen LogP contribution in [0, 0.1) is 0 Å². The van der Waals surface area contributed by atoms with Crippen molar-refractivity contribution in [1.29, 1.82) is 0 Å². The van der Waals surface area contributed by atoms with Crippen LogP contribution in [-0.2, 0) is 27.9 Å². The number of phosphoric acid groups is 1. The highest BCUT2D eigenvalue weighted by Gasteiger charge is 2.27. The maximum absolute atomic E-state index is 13.4. The molecule has 10 heteroatoms. The minimum Gasteiger partial charge on any atom is -0.756 e. The zero-order valence-corrected chi connectivity index (χ0v) is 48.1. The number of quaternary nitrogens is 1. The molecule has 414 valence electrons. The SMILES string of the molecule is CCCCC/C=C\C/C=C\CCCCCCCCCCCC(=O)OC(/C=C\CCCCCCCCCCCCC)C(COP(=O)([O-])OCC[N+](C)(C)C)NC(=O)CC/C=C/C/C=C\CCCCCCCC. The third-order valence-corrected chi connectivity index (χ3v) is 13.9. The predicted molar refractivity (Wildman–Crippen MR) is 302 cm³/mol. The van der Waals surface area contributed by atoms with Crippen LogP contribution in [0.5, 0.6) is 0 Å². The summed E-state index contributed by atoms with van der Waals surface area (Å²) < 4.78 is 30.2. The lowest BCUT2D eigenvalue weighted by molar-refractivity contribution is -0.870. The highest BCUT2D eigenvalue weighted by atomic mass is 31.2. The summed E-state index contributed by atoms with van der Waals surface area (Å²) in [7, 11) is 1.15. The lowest BCUT2D eigenvalue weighted by Gasteiger charge is -2.30. The second-order valence-corrected chi connectivity index (χ2v) is 22.6. The number of rotatable bonds is 53. The molecule has 1 amide bonds. The molecule has 0 heterocycles. The molecule has 0 spiro atoms. The van der Waals surface area contributed by atoms with E-state index in [0.29, 0.717) is 17.4 Å². The van der Waals surface area contributed by atoms with Crippen LogP contribution in [0.2, 0.25) is 0 Å². The largest absolute Gasteiger partial charge is 0.756 e. The van der Waals surface area contributed by atoms with Gasteiger partial charge in [0.15, 0.2) is 0 Å². The monoisotopic (exact) mass is 1020 g/mol. The van der Waals surface area contributed by atoms with E-state index < -0.39 is 26.6 Å². The maximum atomic E-state index is 13.4. The standard InChI is InChI=1S/C61H113N2O7P/c1-7-10-13-16-19-22-25-28-29-30-31-32-33-36-39-42-45-48-51-54-61(65)70-59(52-49-46-43-40-37-34-26-23-20-17-14-11-8-2)58(57-69-71(66,67)68-56-55-63(4,5)6)62-60(64)53-50-47-44-41-38-35-27-24-21-18-15-12-9-3/h19,22,28-29,35,38,44,47,49,52,58-59H,7-18,20-21,23-27,30-34,36-37,39-43,45-46,48,50-51,53-57H2,1-6H3,(H-,62,64,66,67)/b22-19-,29-28-,38-35-,47-44+,52-49-. The van der Waals surface area contributed by atoms with Gasteiger partial charge in [-0.25, -0.2) is 0 Å². The topological polar surface area (TPSA) is 114 Å². The first-order valence-electron chi connectivity index (χ1n) is 29.6. The molecular weight excluding hydrogens is 904 g/mol. The minimum absolute atomic E-state index is 0.0330. The van der Waals surface area contributed by atoms with Gasteiger partial charge in [-0.3, -0.25) is 14.2 Å². The van der Waals surface area contributed by atoms with Gasteiger partial charge in [0, 0.05) is 12.8 Å². The van der Waals surface area contributed by atoms with Crippen LogP contribution in [-0.4, -0.2) is 69.4 Å². The van der Waals surface area contributed by atoms with Crippen LogP contribution in [0.1, 0.15) is 265 Å². The molecule has 0 aromatic heterocycles. The van der Waals surface area contributed by atoms with E-state index in [2.05, 4.69) is 68.6 Å². The van der Waals surface area contributed by atoms with Gasteiger partial charge in [-0.05, 0) is 83.1 Å². The number of nitrogens with zero attached hydrogens (tertiary/aromatic N) is 1. The van der Waals surface area contributed by atoms with Crippen LogP contribution >= 0.6 is 7.82 Å². The fourth-order valence-electron chi connectivity index (χ4n) is 8.31. The first-order valence-corrected chi connectivity index (χ1v) is 31.1. The van der Waals surface area contributed by atoms with Crippen molar-refractivity contribution in [1.82, 2.24) is 5.32 Å². The third-order valence-electron chi connectivity index (χ3n) is 12.9. The average molecular weight is 1020 g/mol. The fraction of sp³-hybridized carbons (Fsp3) is 0.803. The number of hydrogen-bond acceptors (Lipinski definition) is 7. The van der Waals surface area contributed by atoms with E-state index >= 15 is 0 Å². The van der Waals surface area contributed by atoms with Crippen LogP contribution in [0.15, 0.2) is 60.8 Å². The molecule has 71 heavy (non-hydrogen) atoms. The van der Waals surface area contributed by atoms with Crippen molar-refractivity contribution >= 4 is 19.7 Å². The van der Waals surface area contributed by atoms with Crippen LogP contribution < -0.4 is 10.2 Å². The predicted octanol–water partition coefficient (Wildman–Crippen LogP) is 17.3. The first kappa shape index (κ1) is 68.7. The van der Waals surface area contributed by atoms with Crippen molar-refractivity contribution in [2.45, 2.75) is 277 Å². The number of esters is 1. The summed E-state index contributed by atoms with van der Waals surface area (Å²) in [5.74, 6) is -0.621. The Kier molecular flexibility index (Phi) is 49.6. The van der Waals surface area contributed by atoms with Gasteiger partial charge in [0.1, 0.15) is 19.3 Å². The summed E-state index contributed by atoms with van der Waals surface area (Å²) in [6.07, 6.45) is 63.4. The fourth-order valence-corrected chi connectivity index (χ4v) is 9.03. The molecule has 1 N–H and O–H groups in total. The van der Waals surface area contributed by atoms with Crippen molar-refractivity contribution < 1.29 is 37.3 Å². The lowest BCUT2D eigenvalue weighted by Crippen LogP contribution is -2.47. The van der Waals surface area contributed by atoms with Crippen LogP contribution in [0.3, 0.4) is 0 Å². The second kappa shape index (κ2) is 51.2. The quantitative estimate of drug-likeness (QED) is 0.0212. The molecule has 0 aliphatic carbocycles. The van der Waals surface area contributed by atoms with Gasteiger partial charge in [0.2, 0.25) is 5.91 Å². The molecule has 3 atom stereocenters. The number of hydrogen-bond donors (Lipinski definition) is 1. The smallest absolute Gasteiger partial charge is 0.306 e. The highest BCUT2D eigenvalue weighted by Crippen LogP contribution is 2.38. The van der Waals surface area contributed by atoms with Gasteiger partial charge in [-0.1, -0.05) is 230 Å². The number of phosphoric ester groups is 1. The number of carbonyl (C=O) groups is 2. The number of nitrogens with one attached hydrogen (secondary N) is 1. The normalized spacial score (nSPS) is 14.2. The highest BCUT2D eigenvalue weighted by molar-refractivity contribution is 7.45. The van der Waals surface area contributed by atoms with Crippen molar-refractivity contribution in [3.63, 3.8) is 0 Å². The first-order chi connectivity index (χ1) is 34.4. The summed E-state index contributed by atoms with van der Waals surface area (Å²) in [6.45, 7) is 6.77. The molecule has 0 saturated heterocycles. The van der Waals surface area contributed by atoms with Crippen molar-refractivity contribution in [3.8, 4) is 0 Å². The number of allylic oxidation sites excluding steroid dienone is 9. The van der Waals surface area contributed by atoms with Gasteiger partial charge in [0.25, 0.3) is 7.82 Å². The Morgan fingerprint density at radius 3 is 1.32 bits per heavy atom. The van der Waals surface area contributed by atoms with Gasteiger partial charge < -0.3 is 28.5 Å². The van der Waals surface area contributed by atoms with Crippen molar-refractivity contribution in [2.24, 2.45) is 0 Å². The lowest BCUT2D eigenvalue weighted by atomic mass is 10.0. The van der Waals surface area contributed by atoms with Crippen LogP contribution in [0.4, 0.5) is 0 Å². The van der Waals surface area contributed by atoms with Gasteiger partial charge in [0.05, 0.1) is 33.8 Å². The number of carbonyl (C=O) groups excluding carboxylic acids is 2. The summed E-state index contributed by atoms with van der Waals surface area (Å²) in [4.78, 5) is 39.8. The number of likely N-dealkylation sites (N-methyl/N-ethyl adjacent to an activating group) is 1. The molecule has 0 aliphatic heterocycles. The zero-order chi connectivity index (χ0) is 52.2. The van der Waals surface area contributed by atoms with Crippen LogP contribution in [0.25, 0.3) is 0 Å². The van der Waals surface area contributed by atoms with E-state index in [1.165, 1.54) is 154 Å².